The summed E-state index contributed by atoms with van der Waals surface area (Å²) in [5.41, 5.74) is 0. The molecule has 3 heteroatoms. The molecule has 110 valence electrons. The highest BCUT2D eigenvalue weighted by Crippen LogP contribution is 2.19. The van der Waals surface area contributed by atoms with Gasteiger partial charge in [0, 0.05) is 18.9 Å². The van der Waals surface area contributed by atoms with Crippen LogP contribution in [0.25, 0.3) is 0 Å². The summed E-state index contributed by atoms with van der Waals surface area (Å²) in [5.74, 6) is 1.21. The van der Waals surface area contributed by atoms with Gasteiger partial charge in [-0.3, -0.25) is 0 Å². The quantitative estimate of drug-likeness (QED) is 0.604. The van der Waals surface area contributed by atoms with Crippen molar-refractivity contribution in [1.29, 1.82) is 0 Å². The third-order valence-corrected chi connectivity index (χ3v) is 3.72. The summed E-state index contributed by atoms with van der Waals surface area (Å²) >= 11 is 0. The summed E-state index contributed by atoms with van der Waals surface area (Å²) in [4.78, 5) is 4.53. The Morgan fingerprint density at radius 3 is 2.53 bits per heavy atom. The van der Waals surface area contributed by atoms with Crippen molar-refractivity contribution in [3.05, 3.63) is 18.2 Å². The lowest BCUT2D eigenvalue weighted by molar-refractivity contribution is 0.457. The number of hydrogen-bond donors (Lipinski definition) is 1. The molecule has 0 aliphatic carbocycles. The first-order chi connectivity index (χ1) is 9.33. The van der Waals surface area contributed by atoms with Crippen molar-refractivity contribution < 1.29 is 0 Å². The molecule has 1 unspecified atom stereocenters. The van der Waals surface area contributed by atoms with E-state index in [1.165, 1.54) is 50.8 Å². The Balaban J connectivity index is 2.34. The first-order valence-corrected chi connectivity index (χ1v) is 8.01. The largest absolute Gasteiger partial charge is 0.334 e. The zero-order valence-corrected chi connectivity index (χ0v) is 13.0. The third-order valence-electron chi connectivity index (χ3n) is 3.72. The average molecular weight is 265 g/mol. The number of aryl methyl sites for hydroxylation is 1. The van der Waals surface area contributed by atoms with E-state index in [1.54, 1.807) is 0 Å². The smallest absolute Gasteiger partial charge is 0.125 e. The molecule has 1 rings (SSSR count). The predicted molar refractivity (Wildman–Crippen MR) is 82.3 cm³/mol. The van der Waals surface area contributed by atoms with Gasteiger partial charge < -0.3 is 9.88 Å². The lowest BCUT2D eigenvalue weighted by Gasteiger charge is -2.17. The van der Waals surface area contributed by atoms with Crippen LogP contribution in [0.5, 0.6) is 0 Å². The van der Waals surface area contributed by atoms with Crippen LogP contribution >= 0.6 is 0 Å². The molecule has 0 fully saturated rings. The third kappa shape index (κ3) is 5.77. The van der Waals surface area contributed by atoms with Crippen molar-refractivity contribution in [3.8, 4) is 0 Å². The molecule has 0 saturated carbocycles. The van der Waals surface area contributed by atoms with E-state index in [-0.39, 0.29) is 0 Å². The molecule has 0 aromatic carbocycles. The zero-order chi connectivity index (χ0) is 13.9. The molecular formula is C16H31N3. The Morgan fingerprint density at radius 2 is 1.84 bits per heavy atom. The topological polar surface area (TPSA) is 29.9 Å². The molecule has 0 aliphatic rings. The van der Waals surface area contributed by atoms with Gasteiger partial charge in [0.1, 0.15) is 5.82 Å². The minimum Gasteiger partial charge on any atom is -0.334 e. The first kappa shape index (κ1) is 16.2. The molecule has 0 amide bonds. The second-order valence-electron chi connectivity index (χ2n) is 5.38. The van der Waals surface area contributed by atoms with Crippen molar-refractivity contribution in [2.75, 3.05) is 7.05 Å². The van der Waals surface area contributed by atoms with Gasteiger partial charge in [-0.05, 0) is 19.9 Å². The Bertz CT molecular complexity index is 320. The van der Waals surface area contributed by atoms with Crippen LogP contribution in [0.1, 0.15) is 77.1 Å². The van der Waals surface area contributed by atoms with Crippen LogP contribution in [-0.4, -0.2) is 16.6 Å². The van der Waals surface area contributed by atoms with Crippen LogP contribution in [0.15, 0.2) is 12.4 Å². The number of aromatic nitrogens is 2. The molecule has 3 nitrogen and oxygen atoms in total. The summed E-state index contributed by atoms with van der Waals surface area (Å²) in [5, 5.41) is 3.42. The Kier molecular flexibility index (Phi) is 8.55. The highest BCUT2D eigenvalue weighted by atomic mass is 15.1. The fourth-order valence-electron chi connectivity index (χ4n) is 2.59. The number of nitrogens with zero attached hydrogens (tertiary/aromatic N) is 2. The van der Waals surface area contributed by atoms with Crippen LogP contribution in [0.3, 0.4) is 0 Å². The van der Waals surface area contributed by atoms with E-state index >= 15 is 0 Å². The molecular weight excluding hydrogens is 234 g/mol. The van der Waals surface area contributed by atoms with Gasteiger partial charge in [-0.1, -0.05) is 52.4 Å². The predicted octanol–water partition coefficient (Wildman–Crippen LogP) is 4.30. The second-order valence-corrected chi connectivity index (χ2v) is 5.38. The SMILES string of the molecule is CCCCCCCCC(NC)c1nccn1CCC. The summed E-state index contributed by atoms with van der Waals surface area (Å²) in [6.45, 7) is 5.56. The van der Waals surface area contributed by atoms with E-state index in [1.807, 2.05) is 13.2 Å². The summed E-state index contributed by atoms with van der Waals surface area (Å²) in [6, 6.07) is 0.410. The maximum Gasteiger partial charge on any atom is 0.125 e. The monoisotopic (exact) mass is 265 g/mol. The number of nitrogens with one attached hydrogen (secondary N) is 1. The Hall–Kier alpha value is -0.830. The fraction of sp³-hybridized carbons (Fsp3) is 0.812. The van der Waals surface area contributed by atoms with Crippen LogP contribution in [0.2, 0.25) is 0 Å². The standard InChI is InChI=1S/C16H31N3/c1-4-6-7-8-9-10-11-15(17-3)16-18-12-14-19(16)13-5-2/h12,14-15,17H,4-11,13H2,1-3H3. The minimum absolute atomic E-state index is 0.410. The Morgan fingerprint density at radius 1 is 1.11 bits per heavy atom. The van der Waals surface area contributed by atoms with Crippen LogP contribution in [0, 0.1) is 0 Å². The molecule has 0 bridgehead atoms. The minimum atomic E-state index is 0.410. The number of imidazole rings is 1. The maximum absolute atomic E-state index is 4.53. The normalized spacial score (nSPS) is 12.8. The summed E-state index contributed by atoms with van der Waals surface area (Å²) in [7, 11) is 2.05. The number of unbranched alkanes of at least 4 members (excludes halogenated alkanes) is 5. The van der Waals surface area contributed by atoms with Crippen molar-refractivity contribution in [2.45, 2.75) is 77.8 Å². The van der Waals surface area contributed by atoms with Crippen molar-refractivity contribution in [2.24, 2.45) is 0 Å². The summed E-state index contributed by atoms with van der Waals surface area (Å²) < 4.78 is 2.29. The molecule has 1 aromatic rings. The summed E-state index contributed by atoms with van der Waals surface area (Å²) in [6.07, 6.45) is 14.5. The van der Waals surface area contributed by atoms with Crippen LogP contribution < -0.4 is 5.32 Å². The van der Waals surface area contributed by atoms with Crippen molar-refractivity contribution in [3.63, 3.8) is 0 Å². The molecule has 0 radical (unpaired) electrons. The highest BCUT2D eigenvalue weighted by Gasteiger charge is 2.14. The van der Waals surface area contributed by atoms with Gasteiger partial charge in [-0.25, -0.2) is 4.98 Å². The molecule has 1 heterocycles. The molecule has 0 aliphatic heterocycles. The van der Waals surface area contributed by atoms with Crippen LogP contribution in [-0.2, 0) is 6.54 Å². The zero-order valence-electron chi connectivity index (χ0n) is 13.0. The van der Waals surface area contributed by atoms with Crippen molar-refractivity contribution in [1.82, 2.24) is 14.9 Å². The maximum atomic E-state index is 4.53. The molecule has 1 aromatic heterocycles. The molecule has 0 spiro atoms. The Labute approximate surface area is 118 Å². The van der Waals surface area contributed by atoms with E-state index in [0.29, 0.717) is 6.04 Å². The second kappa shape index (κ2) is 10.0. The van der Waals surface area contributed by atoms with E-state index in [4.69, 9.17) is 0 Å². The van der Waals surface area contributed by atoms with Gasteiger partial charge in [-0.2, -0.15) is 0 Å². The number of hydrogen-bond acceptors (Lipinski definition) is 2. The van der Waals surface area contributed by atoms with E-state index in [0.717, 1.165) is 13.0 Å². The molecule has 0 saturated heterocycles. The number of rotatable bonds is 11. The van der Waals surface area contributed by atoms with Gasteiger partial charge in [0.2, 0.25) is 0 Å². The van der Waals surface area contributed by atoms with Gasteiger partial charge in [0.05, 0.1) is 6.04 Å². The van der Waals surface area contributed by atoms with Crippen LogP contribution in [0.4, 0.5) is 0 Å². The van der Waals surface area contributed by atoms with E-state index in [9.17, 15) is 0 Å². The lowest BCUT2D eigenvalue weighted by atomic mass is 10.1. The fourth-order valence-corrected chi connectivity index (χ4v) is 2.59. The molecule has 1 atom stereocenters. The van der Waals surface area contributed by atoms with E-state index < -0.39 is 0 Å². The van der Waals surface area contributed by atoms with Gasteiger partial charge in [0.25, 0.3) is 0 Å². The van der Waals surface area contributed by atoms with Gasteiger partial charge >= 0.3 is 0 Å². The average Bonchev–Trinajstić information content (AvgIpc) is 2.87. The highest BCUT2D eigenvalue weighted by molar-refractivity contribution is 4.99. The van der Waals surface area contributed by atoms with E-state index in [2.05, 4.69) is 34.9 Å². The van der Waals surface area contributed by atoms with Gasteiger partial charge in [-0.15, -0.1) is 0 Å². The van der Waals surface area contributed by atoms with Crippen molar-refractivity contribution >= 4 is 0 Å². The van der Waals surface area contributed by atoms with Gasteiger partial charge in [0.15, 0.2) is 0 Å². The first-order valence-electron chi connectivity index (χ1n) is 8.01. The lowest BCUT2D eigenvalue weighted by Crippen LogP contribution is -2.21. The molecule has 1 N–H and O–H groups in total. The molecule has 19 heavy (non-hydrogen) atoms.